The van der Waals surface area contributed by atoms with Crippen LogP contribution in [0.5, 0.6) is 0 Å². The molecular weight excluding hydrogens is 350 g/mol. The van der Waals surface area contributed by atoms with Crippen LogP contribution >= 0.6 is 39.9 Å². The van der Waals surface area contributed by atoms with Gasteiger partial charge in [0.1, 0.15) is 4.83 Å². The van der Waals surface area contributed by atoms with E-state index in [0.717, 1.165) is 0 Å². The smallest absolute Gasteiger partial charge is 1.00 e. The van der Waals surface area contributed by atoms with Crippen LogP contribution in [0.1, 0.15) is 22.2 Å². The van der Waals surface area contributed by atoms with Crippen LogP contribution < -0.4 is 51.4 Å². The average Bonchev–Trinajstić information content (AvgIpc) is 1.62. The maximum Gasteiger partial charge on any atom is 1.00 e. The molecule has 1 N–H and O–H groups in total. The molecule has 1 unspecified atom stereocenters. The van der Waals surface area contributed by atoms with Crippen LogP contribution in [0.15, 0.2) is 0 Å². The van der Waals surface area contributed by atoms with E-state index in [4.69, 9.17) is 5.11 Å². The number of alkyl halides is 1. The molecule has 0 amide bonds. The molecule has 0 aromatic rings. The molecule has 0 aromatic heterocycles. The minimum atomic E-state index is -0.803. The van der Waals surface area contributed by atoms with Crippen LogP contribution in [-0.2, 0) is 4.79 Å². The van der Waals surface area contributed by atoms with Gasteiger partial charge in [-0.25, -0.2) is 0 Å². The third-order valence-corrected chi connectivity index (χ3v) is 2.74. The Hall–Kier alpha value is 2.32. The van der Waals surface area contributed by atoms with Gasteiger partial charge in [-0.05, 0) is 5.41 Å². The van der Waals surface area contributed by atoms with Gasteiger partial charge in [0.2, 0.25) is 0 Å². The molecule has 0 radical (unpaired) electrons. The van der Waals surface area contributed by atoms with E-state index in [1.165, 1.54) is 0 Å². The fraction of sp³-hybridized carbons (Fsp3) is 0.833. The van der Waals surface area contributed by atoms with Gasteiger partial charge >= 0.3 is 57.4 Å². The molecule has 0 fully saturated rings. The molecule has 11 heavy (non-hydrogen) atoms. The molecule has 0 saturated heterocycles. The molecule has 0 spiro atoms. The predicted molar refractivity (Wildman–Crippen MR) is 56.3 cm³/mol. The second-order valence-electron chi connectivity index (χ2n) is 3.07. The molecule has 0 bridgehead atoms. The zero-order chi connectivity index (χ0) is 7.65. The normalized spacial score (nSPS) is 12.4. The van der Waals surface area contributed by atoms with E-state index in [9.17, 15) is 4.79 Å². The van der Waals surface area contributed by atoms with Gasteiger partial charge in [0.15, 0.2) is 0 Å². The standard InChI is InChI=1S/C6H11BrO2.HI.K.H/c1-6(2,3)4(7)5(8)9;;;/h4H,1-3H3,(H,8,9);1H;;/q;;+1;-1. The Labute approximate surface area is 137 Å². The summed E-state index contributed by atoms with van der Waals surface area (Å²) < 4.78 is 0. The van der Waals surface area contributed by atoms with Crippen molar-refractivity contribution < 1.29 is 62.7 Å². The molecule has 0 rings (SSSR count). The van der Waals surface area contributed by atoms with Crippen molar-refractivity contribution in [1.82, 2.24) is 0 Å². The van der Waals surface area contributed by atoms with Crippen LogP contribution in [0.4, 0.5) is 0 Å². The summed E-state index contributed by atoms with van der Waals surface area (Å²) in [5.41, 5.74) is -0.203. The molecule has 1 atom stereocenters. The van der Waals surface area contributed by atoms with Crippen LogP contribution in [0.3, 0.4) is 0 Å². The molecule has 0 aliphatic carbocycles. The first-order valence-electron chi connectivity index (χ1n) is 2.72. The van der Waals surface area contributed by atoms with E-state index in [1.54, 1.807) is 0 Å². The summed E-state index contributed by atoms with van der Waals surface area (Å²) in [7, 11) is 0. The van der Waals surface area contributed by atoms with Crippen molar-refractivity contribution in [3.8, 4) is 0 Å². The van der Waals surface area contributed by atoms with Crippen LogP contribution in [0.25, 0.3) is 0 Å². The van der Waals surface area contributed by atoms with Crippen molar-refractivity contribution >= 4 is 45.9 Å². The van der Waals surface area contributed by atoms with Gasteiger partial charge in [-0.2, -0.15) is 0 Å². The van der Waals surface area contributed by atoms with E-state index in [2.05, 4.69) is 15.9 Å². The number of halogens is 2. The maximum absolute atomic E-state index is 10.3. The summed E-state index contributed by atoms with van der Waals surface area (Å²) >= 11 is 3.06. The number of carbonyl (C=O) groups is 1. The van der Waals surface area contributed by atoms with Gasteiger partial charge in [-0.15, -0.1) is 24.0 Å². The van der Waals surface area contributed by atoms with Gasteiger partial charge in [0.25, 0.3) is 0 Å². The van der Waals surface area contributed by atoms with Crippen molar-refractivity contribution in [3.63, 3.8) is 0 Å². The summed E-state index contributed by atoms with van der Waals surface area (Å²) in [5, 5.41) is 8.47. The van der Waals surface area contributed by atoms with E-state index >= 15 is 0 Å². The van der Waals surface area contributed by atoms with Gasteiger partial charge in [0, 0.05) is 0 Å². The van der Waals surface area contributed by atoms with E-state index in [0.29, 0.717) is 0 Å². The number of aliphatic carboxylic acids is 1. The van der Waals surface area contributed by atoms with E-state index < -0.39 is 10.8 Å². The number of rotatable bonds is 1. The Morgan fingerprint density at radius 1 is 1.55 bits per heavy atom. The van der Waals surface area contributed by atoms with E-state index in [-0.39, 0.29) is 82.2 Å². The number of hydrogen-bond acceptors (Lipinski definition) is 1. The number of carboxylic acid groups (broad SMARTS) is 1. The van der Waals surface area contributed by atoms with Crippen LogP contribution in [0, 0.1) is 5.41 Å². The fourth-order valence-corrected chi connectivity index (χ4v) is 0.370. The fourth-order valence-electron chi connectivity index (χ4n) is 0.370. The Morgan fingerprint density at radius 3 is 1.82 bits per heavy atom. The summed E-state index contributed by atoms with van der Waals surface area (Å²) in [6, 6.07) is 0. The largest absolute Gasteiger partial charge is 1.00 e. The Kier molecular flexibility index (Phi) is 13.3. The second kappa shape index (κ2) is 7.70. The summed E-state index contributed by atoms with van der Waals surface area (Å²) in [5.74, 6) is -0.803. The maximum atomic E-state index is 10.3. The van der Waals surface area contributed by atoms with Gasteiger partial charge in [0.05, 0.1) is 0 Å². The molecule has 0 saturated carbocycles. The second-order valence-corrected chi connectivity index (χ2v) is 3.98. The number of hydrogen-bond donors (Lipinski definition) is 1. The monoisotopic (exact) mass is 362 g/mol. The zero-order valence-corrected chi connectivity index (χ0v) is 14.3. The summed E-state index contributed by atoms with van der Waals surface area (Å²) in [6.07, 6.45) is 0. The van der Waals surface area contributed by atoms with Crippen molar-refractivity contribution in [2.75, 3.05) is 0 Å². The zero-order valence-electron chi connectivity index (χ0n) is 8.22. The Bertz CT molecular complexity index is 129. The molecule has 0 aliphatic rings. The topological polar surface area (TPSA) is 37.3 Å². The molecule has 0 aromatic carbocycles. The van der Waals surface area contributed by atoms with Crippen molar-refractivity contribution in [2.45, 2.75) is 25.6 Å². The van der Waals surface area contributed by atoms with Gasteiger partial charge < -0.3 is 6.53 Å². The van der Waals surface area contributed by atoms with Crippen molar-refractivity contribution in [2.24, 2.45) is 5.41 Å². The molecular formula is C6H13BrIKO2. The Balaban J connectivity index is -0.000000107. The van der Waals surface area contributed by atoms with Gasteiger partial charge in [-0.1, -0.05) is 36.7 Å². The first-order chi connectivity index (χ1) is 3.85. The average molecular weight is 363 g/mol. The summed E-state index contributed by atoms with van der Waals surface area (Å²) in [6.45, 7) is 5.63. The molecule has 64 valence electrons. The first-order valence-corrected chi connectivity index (χ1v) is 3.64. The van der Waals surface area contributed by atoms with Gasteiger partial charge in [-0.3, -0.25) is 4.79 Å². The minimum absolute atomic E-state index is 0. The molecule has 5 heteroatoms. The Morgan fingerprint density at radius 2 is 1.82 bits per heavy atom. The summed E-state index contributed by atoms with van der Waals surface area (Å²) in [4.78, 5) is 9.85. The van der Waals surface area contributed by atoms with Crippen molar-refractivity contribution in [3.05, 3.63) is 0 Å². The van der Waals surface area contributed by atoms with Crippen molar-refractivity contribution in [1.29, 1.82) is 0 Å². The van der Waals surface area contributed by atoms with E-state index in [1.807, 2.05) is 20.8 Å². The molecule has 2 nitrogen and oxygen atoms in total. The molecule has 0 heterocycles. The number of carboxylic acids is 1. The molecule has 0 aliphatic heterocycles. The van der Waals surface area contributed by atoms with Crippen LogP contribution in [0.2, 0.25) is 0 Å². The van der Waals surface area contributed by atoms with Crippen LogP contribution in [-0.4, -0.2) is 15.9 Å². The third kappa shape index (κ3) is 8.64. The minimum Gasteiger partial charge on any atom is -1.00 e. The first kappa shape index (κ1) is 19.0. The third-order valence-electron chi connectivity index (χ3n) is 0.977. The quantitative estimate of drug-likeness (QED) is 0.392. The SMILES string of the molecule is CC(C)(C)C(Br)C(=O)O.I.[H-].[K+]. The predicted octanol–water partition coefficient (Wildman–Crippen LogP) is -0.385.